The van der Waals surface area contributed by atoms with Crippen LogP contribution in [0.1, 0.15) is 18.6 Å². The van der Waals surface area contributed by atoms with Crippen molar-refractivity contribution in [3.63, 3.8) is 0 Å². The first-order chi connectivity index (χ1) is 6.66. The van der Waals surface area contributed by atoms with E-state index >= 15 is 0 Å². The Morgan fingerprint density at radius 3 is 2.79 bits per heavy atom. The van der Waals surface area contributed by atoms with E-state index in [0.29, 0.717) is 16.2 Å². The predicted molar refractivity (Wildman–Crippen MR) is 54.8 cm³/mol. The minimum Gasteiger partial charge on any atom is -0.396 e. The first-order valence-corrected chi connectivity index (χ1v) is 5.35. The lowest BCUT2D eigenvalue weighted by Crippen LogP contribution is -1.98. The van der Waals surface area contributed by atoms with Gasteiger partial charge in [0.25, 0.3) is 0 Å². The molecular formula is C10H13FO2S. The summed E-state index contributed by atoms with van der Waals surface area (Å²) in [6, 6.07) is 4.61. The van der Waals surface area contributed by atoms with Crippen LogP contribution in [0.15, 0.2) is 23.1 Å². The van der Waals surface area contributed by atoms with E-state index in [1.54, 1.807) is 19.1 Å². The topological polar surface area (TPSA) is 40.5 Å². The van der Waals surface area contributed by atoms with Crippen molar-refractivity contribution in [1.29, 1.82) is 0 Å². The molecule has 1 aromatic carbocycles. The van der Waals surface area contributed by atoms with Crippen LogP contribution < -0.4 is 0 Å². The minimum absolute atomic E-state index is 0.00174. The summed E-state index contributed by atoms with van der Waals surface area (Å²) in [4.78, 5) is 0.427. The molecule has 14 heavy (non-hydrogen) atoms. The van der Waals surface area contributed by atoms with Gasteiger partial charge in [-0.05, 0) is 18.6 Å². The Morgan fingerprint density at radius 1 is 1.50 bits per heavy atom. The molecule has 0 saturated heterocycles. The third-order valence-electron chi connectivity index (χ3n) is 1.79. The fourth-order valence-corrected chi connectivity index (χ4v) is 2.06. The summed E-state index contributed by atoms with van der Waals surface area (Å²) in [6.07, 6.45) is -0.688. The third-order valence-corrected chi connectivity index (χ3v) is 2.89. The number of hydrogen-bond acceptors (Lipinski definition) is 3. The molecular weight excluding hydrogens is 203 g/mol. The zero-order chi connectivity index (χ0) is 10.6. The maximum absolute atomic E-state index is 13.3. The van der Waals surface area contributed by atoms with E-state index in [9.17, 15) is 9.50 Å². The molecule has 1 atom stereocenters. The van der Waals surface area contributed by atoms with Crippen molar-refractivity contribution < 1.29 is 14.6 Å². The van der Waals surface area contributed by atoms with Crippen LogP contribution in [0.4, 0.5) is 4.39 Å². The van der Waals surface area contributed by atoms with Gasteiger partial charge >= 0.3 is 0 Å². The zero-order valence-corrected chi connectivity index (χ0v) is 8.72. The highest BCUT2D eigenvalue weighted by Crippen LogP contribution is 2.29. The summed E-state index contributed by atoms with van der Waals surface area (Å²) in [5.74, 6) is 0.0857. The molecule has 0 saturated carbocycles. The van der Waals surface area contributed by atoms with Gasteiger partial charge in [-0.2, -0.15) is 0 Å². The molecule has 4 heteroatoms. The number of halogens is 1. The second-order valence-electron chi connectivity index (χ2n) is 2.91. The second-order valence-corrected chi connectivity index (χ2v) is 4.01. The highest BCUT2D eigenvalue weighted by atomic mass is 32.2. The molecule has 2 nitrogen and oxygen atoms in total. The molecule has 0 radical (unpaired) electrons. The van der Waals surface area contributed by atoms with Crippen LogP contribution in [0.5, 0.6) is 0 Å². The van der Waals surface area contributed by atoms with Gasteiger partial charge in [-0.25, -0.2) is 4.39 Å². The van der Waals surface area contributed by atoms with Crippen molar-refractivity contribution >= 4 is 11.8 Å². The average molecular weight is 216 g/mol. The van der Waals surface area contributed by atoms with Crippen LogP contribution in [0.3, 0.4) is 0 Å². The van der Waals surface area contributed by atoms with Crippen LogP contribution in [0.2, 0.25) is 0 Å². The van der Waals surface area contributed by atoms with Gasteiger partial charge in [-0.3, -0.25) is 0 Å². The second kappa shape index (κ2) is 5.34. The van der Waals surface area contributed by atoms with E-state index in [2.05, 4.69) is 0 Å². The average Bonchev–Trinajstić information content (AvgIpc) is 2.15. The number of rotatable bonds is 4. The van der Waals surface area contributed by atoms with E-state index in [1.807, 2.05) is 0 Å². The molecule has 0 amide bonds. The van der Waals surface area contributed by atoms with Gasteiger partial charge in [0, 0.05) is 10.6 Å². The molecule has 1 rings (SSSR count). The lowest BCUT2D eigenvalue weighted by atomic mass is 10.1. The molecule has 1 aromatic rings. The van der Waals surface area contributed by atoms with Crippen molar-refractivity contribution in [1.82, 2.24) is 0 Å². The van der Waals surface area contributed by atoms with Crippen LogP contribution in [0.25, 0.3) is 0 Å². The number of hydrogen-bond donors (Lipinski definition) is 2. The highest BCUT2D eigenvalue weighted by Gasteiger charge is 2.12. The number of benzene rings is 1. The molecule has 0 aliphatic carbocycles. The molecule has 0 aliphatic heterocycles. The van der Waals surface area contributed by atoms with Crippen LogP contribution in [-0.2, 0) is 0 Å². The first-order valence-electron chi connectivity index (χ1n) is 4.37. The smallest absolute Gasteiger partial charge is 0.137 e. The first kappa shape index (κ1) is 11.5. The largest absolute Gasteiger partial charge is 0.396 e. The van der Waals surface area contributed by atoms with Gasteiger partial charge in [0.1, 0.15) is 5.82 Å². The molecule has 0 aliphatic rings. The number of aliphatic hydroxyl groups is 2. The maximum atomic E-state index is 13.3. The molecule has 0 bridgehead atoms. The summed E-state index contributed by atoms with van der Waals surface area (Å²) in [6.45, 7) is 1.59. The standard InChI is InChI=1S/C10H13FO2S/c1-7(13)8-3-2-4-9(11)10(8)14-6-5-12/h2-4,7,12-13H,5-6H2,1H3/t7-/m0/s1. The zero-order valence-electron chi connectivity index (χ0n) is 7.90. The Balaban J connectivity index is 2.96. The SMILES string of the molecule is C[C@H](O)c1cccc(F)c1SCCO. The monoisotopic (exact) mass is 216 g/mol. The quantitative estimate of drug-likeness (QED) is 0.756. The van der Waals surface area contributed by atoms with Crippen molar-refractivity contribution in [2.75, 3.05) is 12.4 Å². The summed E-state index contributed by atoms with van der Waals surface area (Å²) in [7, 11) is 0. The normalized spacial score (nSPS) is 12.9. The van der Waals surface area contributed by atoms with Crippen LogP contribution >= 0.6 is 11.8 Å². The van der Waals surface area contributed by atoms with Gasteiger partial charge in [0.05, 0.1) is 12.7 Å². The van der Waals surface area contributed by atoms with Gasteiger partial charge in [-0.1, -0.05) is 12.1 Å². The van der Waals surface area contributed by atoms with E-state index in [-0.39, 0.29) is 12.4 Å². The van der Waals surface area contributed by atoms with Crippen LogP contribution in [-0.4, -0.2) is 22.6 Å². The Morgan fingerprint density at radius 2 is 2.21 bits per heavy atom. The number of thioether (sulfide) groups is 1. The maximum Gasteiger partial charge on any atom is 0.137 e. The van der Waals surface area contributed by atoms with E-state index in [4.69, 9.17) is 5.11 Å². The van der Waals surface area contributed by atoms with Crippen LogP contribution in [0, 0.1) is 5.82 Å². The number of aliphatic hydroxyl groups excluding tert-OH is 2. The molecule has 78 valence electrons. The van der Waals surface area contributed by atoms with E-state index in [1.165, 1.54) is 17.8 Å². The van der Waals surface area contributed by atoms with Crippen molar-refractivity contribution in [2.45, 2.75) is 17.9 Å². The molecule has 0 spiro atoms. The molecule has 0 heterocycles. The van der Waals surface area contributed by atoms with Gasteiger partial charge in [0.15, 0.2) is 0 Å². The Bertz CT molecular complexity index is 302. The third kappa shape index (κ3) is 2.70. The summed E-state index contributed by atoms with van der Waals surface area (Å²) >= 11 is 1.22. The van der Waals surface area contributed by atoms with Crippen molar-refractivity contribution in [3.05, 3.63) is 29.6 Å². The molecule has 0 aromatic heterocycles. The highest BCUT2D eigenvalue weighted by molar-refractivity contribution is 7.99. The molecule has 2 N–H and O–H groups in total. The van der Waals surface area contributed by atoms with E-state index < -0.39 is 6.10 Å². The molecule has 0 unspecified atom stereocenters. The minimum atomic E-state index is -0.688. The summed E-state index contributed by atoms with van der Waals surface area (Å²) < 4.78 is 13.3. The Labute approximate surface area is 86.8 Å². The van der Waals surface area contributed by atoms with Crippen molar-refractivity contribution in [3.8, 4) is 0 Å². The van der Waals surface area contributed by atoms with Gasteiger partial charge < -0.3 is 10.2 Å². The van der Waals surface area contributed by atoms with Crippen molar-refractivity contribution in [2.24, 2.45) is 0 Å². The van der Waals surface area contributed by atoms with Gasteiger partial charge in [-0.15, -0.1) is 11.8 Å². The van der Waals surface area contributed by atoms with Gasteiger partial charge in [0.2, 0.25) is 0 Å². The summed E-state index contributed by atoms with van der Waals surface area (Å²) in [5.41, 5.74) is 0.573. The lowest BCUT2D eigenvalue weighted by molar-refractivity contribution is 0.195. The molecule has 0 fully saturated rings. The fourth-order valence-electron chi connectivity index (χ4n) is 1.15. The Kier molecular flexibility index (Phi) is 4.38. The Hall–Kier alpha value is -0.580. The predicted octanol–water partition coefficient (Wildman–Crippen LogP) is 1.96. The lowest BCUT2D eigenvalue weighted by Gasteiger charge is -2.11. The van der Waals surface area contributed by atoms with E-state index in [0.717, 1.165) is 0 Å². The summed E-state index contributed by atoms with van der Waals surface area (Å²) in [5, 5.41) is 18.0. The fraction of sp³-hybridized carbons (Fsp3) is 0.400.